The van der Waals surface area contributed by atoms with Gasteiger partial charge in [0.25, 0.3) is 0 Å². The van der Waals surface area contributed by atoms with E-state index in [0.717, 1.165) is 9.75 Å². The second-order valence-electron chi connectivity index (χ2n) is 6.74. The van der Waals surface area contributed by atoms with Gasteiger partial charge in [-0.2, -0.15) is 4.31 Å². The van der Waals surface area contributed by atoms with E-state index >= 15 is 0 Å². The van der Waals surface area contributed by atoms with Crippen molar-refractivity contribution in [1.29, 1.82) is 0 Å². The number of aryl methyl sites for hydroxylation is 2. The van der Waals surface area contributed by atoms with Crippen LogP contribution in [0.25, 0.3) is 0 Å². The molecule has 0 aromatic carbocycles. The summed E-state index contributed by atoms with van der Waals surface area (Å²) >= 11 is 1.49. The maximum Gasteiger partial charge on any atom is 0.244 e. The minimum absolute atomic E-state index is 0. The van der Waals surface area contributed by atoms with E-state index in [2.05, 4.69) is 0 Å². The van der Waals surface area contributed by atoms with Crippen LogP contribution in [-0.4, -0.2) is 55.8 Å². The Hall–Kier alpha value is -0.670. The summed E-state index contributed by atoms with van der Waals surface area (Å²) in [6.07, 6.45) is 0.644. The lowest BCUT2D eigenvalue weighted by Crippen LogP contribution is -2.54. The minimum atomic E-state index is -3.49. The topological polar surface area (TPSA) is 83.7 Å². The molecule has 0 spiro atoms. The Kier molecular flexibility index (Phi) is 7.89. The molecule has 2 heterocycles. The van der Waals surface area contributed by atoms with Gasteiger partial charge in [-0.3, -0.25) is 4.79 Å². The van der Waals surface area contributed by atoms with Crippen LogP contribution in [0.1, 0.15) is 30.0 Å². The van der Waals surface area contributed by atoms with E-state index in [1.165, 1.54) is 15.6 Å². The zero-order valence-electron chi connectivity index (χ0n) is 15.2. The monoisotopic (exact) mass is 409 g/mol. The maximum atomic E-state index is 12.8. The van der Waals surface area contributed by atoms with E-state index in [1.54, 1.807) is 11.0 Å². The Morgan fingerprint density at radius 2 is 1.80 bits per heavy atom. The lowest BCUT2D eigenvalue weighted by atomic mass is 10.0. The number of nitrogens with two attached hydrogens (primary N) is 1. The number of carbonyl (C=O) groups is 1. The van der Waals surface area contributed by atoms with Crippen LogP contribution in [0.3, 0.4) is 0 Å². The fraction of sp³-hybridized carbons (Fsp3) is 0.688. The molecule has 2 rings (SSSR count). The molecule has 1 amide bonds. The van der Waals surface area contributed by atoms with E-state index < -0.39 is 16.1 Å². The highest BCUT2D eigenvalue weighted by Gasteiger charge is 2.33. The van der Waals surface area contributed by atoms with Gasteiger partial charge in [0, 0.05) is 35.9 Å². The van der Waals surface area contributed by atoms with Gasteiger partial charge in [0.15, 0.2) is 0 Å². The molecule has 144 valence electrons. The van der Waals surface area contributed by atoms with Gasteiger partial charge >= 0.3 is 0 Å². The number of carbonyl (C=O) groups excluding carboxylic acids is 1. The normalized spacial score (nSPS) is 17.4. The molecule has 9 heteroatoms. The highest BCUT2D eigenvalue weighted by atomic mass is 35.5. The predicted molar refractivity (Wildman–Crippen MR) is 104 cm³/mol. The smallest absolute Gasteiger partial charge is 0.244 e. The van der Waals surface area contributed by atoms with Crippen LogP contribution in [0.5, 0.6) is 0 Å². The van der Waals surface area contributed by atoms with E-state index in [1.807, 2.05) is 27.7 Å². The molecule has 6 nitrogen and oxygen atoms in total. The van der Waals surface area contributed by atoms with Crippen molar-refractivity contribution in [1.82, 2.24) is 9.21 Å². The first-order valence-electron chi connectivity index (χ1n) is 8.24. The summed E-state index contributed by atoms with van der Waals surface area (Å²) in [5.74, 6) is 0.277. The van der Waals surface area contributed by atoms with Crippen LogP contribution in [0.2, 0.25) is 0 Å². The van der Waals surface area contributed by atoms with Gasteiger partial charge in [-0.15, -0.1) is 23.7 Å². The zero-order valence-corrected chi connectivity index (χ0v) is 17.6. The lowest BCUT2D eigenvalue weighted by molar-refractivity contribution is -0.134. The number of sulfonamides is 1. The first kappa shape index (κ1) is 22.4. The van der Waals surface area contributed by atoms with Crippen LogP contribution in [0, 0.1) is 19.8 Å². The molecule has 1 aliphatic heterocycles. The van der Waals surface area contributed by atoms with Crippen LogP contribution in [0.15, 0.2) is 11.0 Å². The Morgan fingerprint density at radius 1 is 1.24 bits per heavy atom. The number of hydrogen-bond acceptors (Lipinski definition) is 5. The number of halogens is 1. The third kappa shape index (κ3) is 5.17. The highest BCUT2D eigenvalue weighted by molar-refractivity contribution is 7.89. The average Bonchev–Trinajstić information content (AvgIpc) is 2.85. The summed E-state index contributed by atoms with van der Waals surface area (Å²) in [7, 11) is -3.49. The Morgan fingerprint density at radius 3 is 2.24 bits per heavy atom. The Bertz CT molecular complexity index is 695. The van der Waals surface area contributed by atoms with Gasteiger partial charge in [0.1, 0.15) is 0 Å². The molecule has 0 bridgehead atoms. The van der Waals surface area contributed by atoms with Gasteiger partial charge in [0.2, 0.25) is 15.9 Å². The second kappa shape index (κ2) is 8.81. The van der Waals surface area contributed by atoms with Crippen molar-refractivity contribution in [3.8, 4) is 0 Å². The SMILES string of the molecule is Cc1cc(S(=O)(=O)N2CCN(C(=O)[C@@H](N)CC(C)C)CC2)c(C)s1.Cl. The maximum absolute atomic E-state index is 12.8. The van der Waals surface area contributed by atoms with E-state index in [-0.39, 0.29) is 18.3 Å². The van der Waals surface area contributed by atoms with E-state index in [0.29, 0.717) is 43.4 Å². The Labute approximate surface area is 160 Å². The molecule has 1 aliphatic rings. The molecule has 1 saturated heterocycles. The lowest BCUT2D eigenvalue weighted by Gasteiger charge is -2.35. The van der Waals surface area contributed by atoms with Crippen molar-refractivity contribution in [2.45, 2.75) is 45.1 Å². The number of amides is 1. The summed E-state index contributed by atoms with van der Waals surface area (Å²) in [5, 5.41) is 0. The van der Waals surface area contributed by atoms with Gasteiger partial charge in [-0.25, -0.2) is 8.42 Å². The number of rotatable bonds is 5. The van der Waals surface area contributed by atoms with E-state index in [9.17, 15) is 13.2 Å². The number of thiophene rings is 1. The molecular weight excluding hydrogens is 382 g/mol. The highest BCUT2D eigenvalue weighted by Crippen LogP contribution is 2.28. The molecule has 0 radical (unpaired) electrons. The standard InChI is InChI=1S/C16H27N3O3S2.ClH/c1-11(2)9-14(17)16(20)18-5-7-19(8-6-18)24(21,22)15-10-12(3)23-13(15)4;/h10-11,14H,5-9,17H2,1-4H3;1H/t14-;/m0./s1. The minimum Gasteiger partial charge on any atom is -0.339 e. The largest absolute Gasteiger partial charge is 0.339 e. The van der Waals surface area contributed by atoms with Crippen LogP contribution in [0.4, 0.5) is 0 Å². The first-order chi connectivity index (χ1) is 11.1. The molecule has 1 fully saturated rings. The molecular formula is C16H28ClN3O3S2. The van der Waals surface area contributed by atoms with Crippen LogP contribution < -0.4 is 5.73 Å². The molecule has 1 aromatic heterocycles. The molecule has 25 heavy (non-hydrogen) atoms. The first-order valence-corrected chi connectivity index (χ1v) is 10.5. The summed E-state index contributed by atoms with van der Waals surface area (Å²) < 4.78 is 27.0. The quantitative estimate of drug-likeness (QED) is 0.805. The van der Waals surface area contributed by atoms with Crippen molar-refractivity contribution >= 4 is 39.7 Å². The molecule has 0 unspecified atom stereocenters. The summed E-state index contributed by atoms with van der Waals surface area (Å²) in [5.41, 5.74) is 5.96. The van der Waals surface area contributed by atoms with E-state index in [4.69, 9.17) is 5.73 Å². The summed E-state index contributed by atoms with van der Waals surface area (Å²) in [4.78, 5) is 16.2. The molecule has 0 aliphatic carbocycles. The Balaban J connectivity index is 0.00000312. The fourth-order valence-electron chi connectivity index (χ4n) is 2.99. The summed E-state index contributed by atoms with van der Waals surface area (Å²) in [6.45, 7) is 9.22. The molecule has 2 N–H and O–H groups in total. The van der Waals surface area contributed by atoms with Gasteiger partial charge < -0.3 is 10.6 Å². The van der Waals surface area contributed by atoms with Crippen molar-refractivity contribution < 1.29 is 13.2 Å². The number of piperazine rings is 1. The summed E-state index contributed by atoms with van der Waals surface area (Å²) in [6, 6.07) is 1.22. The number of nitrogens with zero attached hydrogens (tertiary/aromatic N) is 2. The zero-order chi connectivity index (χ0) is 18.1. The van der Waals surface area contributed by atoms with Crippen LogP contribution in [-0.2, 0) is 14.8 Å². The van der Waals surface area contributed by atoms with Crippen LogP contribution >= 0.6 is 23.7 Å². The third-order valence-electron chi connectivity index (χ3n) is 4.21. The van der Waals surface area contributed by atoms with Gasteiger partial charge in [-0.1, -0.05) is 13.8 Å². The van der Waals surface area contributed by atoms with Gasteiger partial charge in [-0.05, 0) is 32.3 Å². The average molecular weight is 410 g/mol. The predicted octanol–water partition coefficient (Wildman–Crippen LogP) is 1.99. The van der Waals surface area contributed by atoms with Crippen molar-refractivity contribution in [3.05, 3.63) is 15.8 Å². The fourth-order valence-corrected chi connectivity index (χ4v) is 5.94. The van der Waals surface area contributed by atoms with Gasteiger partial charge in [0.05, 0.1) is 10.9 Å². The number of hydrogen-bond donors (Lipinski definition) is 1. The third-order valence-corrected chi connectivity index (χ3v) is 7.33. The van der Waals surface area contributed by atoms with Crippen molar-refractivity contribution in [3.63, 3.8) is 0 Å². The molecule has 1 aromatic rings. The van der Waals surface area contributed by atoms with Crippen molar-refractivity contribution in [2.24, 2.45) is 11.7 Å². The molecule has 0 saturated carbocycles. The molecule has 1 atom stereocenters. The second-order valence-corrected chi connectivity index (χ2v) is 10.1. The van der Waals surface area contributed by atoms with Crippen molar-refractivity contribution in [2.75, 3.05) is 26.2 Å².